The highest BCUT2D eigenvalue weighted by atomic mass is 16.5. The average Bonchev–Trinajstić information content (AvgIpc) is 2.55. The molecule has 1 fully saturated rings. The molecule has 1 saturated heterocycles. The predicted molar refractivity (Wildman–Crippen MR) is 83.4 cm³/mol. The van der Waals surface area contributed by atoms with E-state index in [1.54, 1.807) is 0 Å². The van der Waals surface area contributed by atoms with E-state index in [-0.39, 0.29) is 12.1 Å². The smallest absolute Gasteiger partial charge is 0.308 e. The Balaban J connectivity index is 1.64. The van der Waals surface area contributed by atoms with Gasteiger partial charge in [0, 0.05) is 25.0 Å². The lowest BCUT2D eigenvalue weighted by Crippen LogP contribution is -2.43. The van der Waals surface area contributed by atoms with Crippen molar-refractivity contribution >= 4 is 16.9 Å². The summed E-state index contributed by atoms with van der Waals surface area (Å²) in [4.78, 5) is 18.3. The molecule has 0 bridgehead atoms. The number of fused-ring (bicyclic) bond motifs is 1. The van der Waals surface area contributed by atoms with E-state index in [0.29, 0.717) is 13.0 Å². The fourth-order valence-corrected chi connectivity index (χ4v) is 2.74. The molecular weight excluding hydrogens is 280 g/mol. The van der Waals surface area contributed by atoms with Crippen molar-refractivity contribution in [3.8, 4) is 0 Å². The van der Waals surface area contributed by atoms with E-state index in [1.165, 1.54) is 7.11 Å². The summed E-state index contributed by atoms with van der Waals surface area (Å²) in [6.07, 6.45) is 0.208. The number of aromatic nitrogens is 1. The van der Waals surface area contributed by atoms with Crippen LogP contribution in [0, 0.1) is 0 Å². The lowest BCUT2D eigenvalue weighted by Gasteiger charge is -2.32. The van der Waals surface area contributed by atoms with E-state index in [1.807, 2.05) is 18.2 Å². The van der Waals surface area contributed by atoms with Gasteiger partial charge in [0.2, 0.25) is 0 Å². The topological polar surface area (TPSA) is 51.7 Å². The molecule has 0 radical (unpaired) electrons. The first kappa shape index (κ1) is 14.9. The molecule has 0 amide bonds. The zero-order chi connectivity index (χ0) is 15.4. The second kappa shape index (κ2) is 6.85. The molecule has 1 aliphatic heterocycles. The summed E-state index contributed by atoms with van der Waals surface area (Å²) in [5.74, 6) is -0.226. The molecule has 1 aromatic heterocycles. The Hall–Kier alpha value is -1.98. The van der Waals surface area contributed by atoms with Crippen molar-refractivity contribution in [2.45, 2.75) is 19.1 Å². The van der Waals surface area contributed by atoms with Gasteiger partial charge in [-0.15, -0.1) is 0 Å². The maximum absolute atomic E-state index is 11.4. The molecule has 0 saturated carbocycles. The number of nitrogens with zero attached hydrogens (tertiary/aromatic N) is 2. The summed E-state index contributed by atoms with van der Waals surface area (Å²) in [5.41, 5.74) is 2.05. The number of methoxy groups -OCH3 is 1. The predicted octanol–water partition coefficient (Wildman–Crippen LogP) is 2.00. The number of benzene rings is 1. The molecule has 5 heteroatoms. The van der Waals surface area contributed by atoms with Crippen LogP contribution in [0.1, 0.15) is 12.1 Å². The molecule has 0 N–H and O–H groups in total. The summed E-state index contributed by atoms with van der Waals surface area (Å²) in [6.45, 7) is 2.98. The zero-order valence-electron chi connectivity index (χ0n) is 12.7. The monoisotopic (exact) mass is 300 g/mol. The highest BCUT2D eigenvalue weighted by Gasteiger charge is 2.23. The van der Waals surface area contributed by atoms with Gasteiger partial charge in [-0.1, -0.05) is 24.3 Å². The number of morpholine rings is 1. The van der Waals surface area contributed by atoms with Crippen LogP contribution in [0.4, 0.5) is 0 Å². The van der Waals surface area contributed by atoms with Gasteiger partial charge in [-0.05, 0) is 12.1 Å². The number of pyridine rings is 1. The van der Waals surface area contributed by atoms with E-state index in [2.05, 4.69) is 23.1 Å². The van der Waals surface area contributed by atoms with E-state index >= 15 is 0 Å². The minimum Gasteiger partial charge on any atom is -0.469 e. The van der Waals surface area contributed by atoms with E-state index in [9.17, 15) is 4.79 Å². The number of carbonyl (C=O) groups excluding carboxylic acids is 1. The van der Waals surface area contributed by atoms with Crippen molar-refractivity contribution in [2.75, 3.05) is 26.8 Å². The highest BCUT2D eigenvalue weighted by Crippen LogP contribution is 2.15. The number of para-hydroxylation sites is 1. The molecule has 1 atom stereocenters. The maximum atomic E-state index is 11.4. The van der Waals surface area contributed by atoms with Crippen LogP contribution in [0.3, 0.4) is 0 Å². The quantitative estimate of drug-likeness (QED) is 0.808. The molecule has 116 valence electrons. The fraction of sp³-hybridized carbons (Fsp3) is 0.412. The van der Waals surface area contributed by atoms with Crippen LogP contribution in [-0.2, 0) is 20.8 Å². The molecule has 3 rings (SSSR count). The van der Waals surface area contributed by atoms with Gasteiger partial charge in [0.25, 0.3) is 0 Å². The van der Waals surface area contributed by atoms with Gasteiger partial charge in [0.15, 0.2) is 0 Å². The van der Waals surface area contributed by atoms with Gasteiger partial charge in [0.1, 0.15) is 0 Å². The molecular formula is C17H20N2O3. The summed E-state index contributed by atoms with van der Waals surface area (Å²) in [5, 5.41) is 1.15. The SMILES string of the molecule is COC(=O)CC1CN(Cc2ccc3ccccc3n2)CCO1. The van der Waals surface area contributed by atoms with Crippen LogP contribution >= 0.6 is 0 Å². The number of esters is 1. The van der Waals surface area contributed by atoms with Gasteiger partial charge < -0.3 is 9.47 Å². The van der Waals surface area contributed by atoms with Crippen LogP contribution < -0.4 is 0 Å². The third-order valence-corrected chi connectivity index (χ3v) is 3.89. The molecule has 0 aliphatic carbocycles. The van der Waals surface area contributed by atoms with Gasteiger partial charge >= 0.3 is 5.97 Å². The van der Waals surface area contributed by atoms with Crippen molar-refractivity contribution in [2.24, 2.45) is 0 Å². The molecule has 1 aromatic carbocycles. The molecule has 0 spiro atoms. The van der Waals surface area contributed by atoms with Gasteiger partial charge in [-0.3, -0.25) is 14.7 Å². The minimum absolute atomic E-state index is 0.0957. The molecule has 1 unspecified atom stereocenters. The number of hydrogen-bond donors (Lipinski definition) is 0. The van der Waals surface area contributed by atoms with E-state index in [4.69, 9.17) is 14.5 Å². The second-order valence-electron chi connectivity index (χ2n) is 5.50. The lowest BCUT2D eigenvalue weighted by molar-refractivity contribution is -0.145. The standard InChI is InChI=1S/C17H20N2O3/c1-21-17(20)10-15-12-19(8-9-22-15)11-14-7-6-13-4-2-3-5-16(13)18-14/h2-7,15H,8-12H2,1H3. The third kappa shape index (κ3) is 3.61. The minimum atomic E-state index is -0.226. The maximum Gasteiger partial charge on any atom is 0.308 e. The zero-order valence-corrected chi connectivity index (χ0v) is 12.7. The van der Waals surface area contributed by atoms with Crippen molar-refractivity contribution in [1.29, 1.82) is 0 Å². The first-order valence-corrected chi connectivity index (χ1v) is 7.50. The van der Waals surface area contributed by atoms with Crippen LogP contribution in [0.25, 0.3) is 10.9 Å². The first-order valence-electron chi connectivity index (χ1n) is 7.50. The van der Waals surface area contributed by atoms with Crippen LogP contribution in [-0.4, -0.2) is 48.8 Å². The number of hydrogen-bond acceptors (Lipinski definition) is 5. The Morgan fingerprint density at radius 1 is 1.36 bits per heavy atom. The Kier molecular flexibility index (Phi) is 4.65. The van der Waals surface area contributed by atoms with E-state index < -0.39 is 0 Å². The summed E-state index contributed by atoms with van der Waals surface area (Å²) >= 11 is 0. The van der Waals surface area contributed by atoms with Gasteiger partial charge in [0.05, 0.1) is 37.5 Å². The Bertz CT molecular complexity index is 659. The van der Waals surface area contributed by atoms with Crippen molar-refractivity contribution in [3.63, 3.8) is 0 Å². The molecule has 1 aliphatic rings. The highest BCUT2D eigenvalue weighted by molar-refractivity contribution is 5.78. The van der Waals surface area contributed by atoms with Crippen LogP contribution in [0.5, 0.6) is 0 Å². The Morgan fingerprint density at radius 3 is 3.09 bits per heavy atom. The van der Waals surface area contributed by atoms with Crippen LogP contribution in [0.2, 0.25) is 0 Å². The summed E-state index contributed by atoms with van der Waals surface area (Å²) in [7, 11) is 1.40. The summed E-state index contributed by atoms with van der Waals surface area (Å²) in [6, 6.07) is 12.3. The number of carbonyl (C=O) groups is 1. The van der Waals surface area contributed by atoms with Gasteiger partial charge in [-0.2, -0.15) is 0 Å². The summed E-state index contributed by atoms with van der Waals surface area (Å²) < 4.78 is 10.3. The van der Waals surface area contributed by atoms with Crippen molar-refractivity contribution in [1.82, 2.24) is 9.88 Å². The molecule has 2 heterocycles. The average molecular weight is 300 g/mol. The Morgan fingerprint density at radius 2 is 2.23 bits per heavy atom. The Labute approximate surface area is 129 Å². The van der Waals surface area contributed by atoms with E-state index in [0.717, 1.165) is 36.2 Å². The lowest BCUT2D eigenvalue weighted by atomic mass is 10.1. The first-order chi connectivity index (χ1) is 10.7. The second-order valence-corrected chi connectivity index (χ2v) is 5.50. The molecule has 22 heavy (non-hydrogen) atoms. The van der Waals surface area contributed by atoms with Crippen molar-refractivity contribution in [3.05, 3.63) is 42.1 Å². The molecule has 5 nitrogen and oxygen atoms in total. The normalized spacial score (nSPS) is 19.2. The largest absolute Gasteiger partial charge is 0.469 e. The van der Waals surface area contributed by atoms with Gasteiger partial charge in [-0.25, -0.2) is 0 Å². The molecule has 2 aromatic rings. The number of ether oxygens (including phenoxy) is 2. The van der Waals surface area contributed by atoms with Crippen LogP contribution in [0.15, 0.2) is 36.4 Å². The van der Waals surface area contributed by atoms with Crippen molar-refractivity contribution < 1.29 is 14.3 Å². The number of rotatable bonds is 4. The third-order valence-electron chi connectivity index (χ3n) is 3.89. The fourth-order valence-electron chi connectivity index (χ4n) is 2.74.